The molecule has 1 atom stereocenters. The summed E-state index contributed by atoms with van der Waals surface area (Å²) in [6.07, 6.45) is 5.22. The Hall–Kier alpha value is -2.22. The number of rotatable bonds is 5. The summed E-state index contributed by atoms with van der Waals surface area (Å²) in [5, 5.41) is 7.43. The Balaban J connectivity index is 1.90. The zero-order valence-corrected chi connectivity index (χ0v) is 12.0. The predicted octanol–water partition coefficient (Wildman–Crippen LogP) is 1.12. The van der Waals surface area contributed by atoms with Gasteiger partial charge in [0.15, 0.2) is 5.13 Å². The lowest BCUT2D eigenvalue weighted by molar-refractivity contribution is -0.114. The Morgan fingerprint density at radius 3 is 2.95 bits per heavy atom. The summed E-state index contributed by atoms with van der Waals surface area (Å²) in [7, 11) is 0. The standard InChI is InChI=1S/C12H15N5O2S/c1-8(5-17-4-3-13-7-17)14-11(19)10-6-20-12(16-10)15-9(2)18/h3-4,6-8H,5H2,1-2H3,(H,14,19)(H,15,16,18). The molecule has 106 valence electrons. The highest BCUT2D eigenvalue weighted by Gasteiger charge is 2.14. The quantitative estimate of drug-likeness (QED) is 0.864. The first kappa shape index (κ1) is 14.2. The van der Waals surface area contributed by atoms with Gasteiger partial charge in [-0.15, -0.1) is 11.3 Å². The third-order valence-electron chi connectivity index (χ3n) is 2.44. The van der Waals surface area contributed by atoms with E-state index in [0.717, 1.165) is 0 Å². The van der Waals surface area contributed by atoms with Crippen molar-refractivity contribution in [2.45, 2.75) is 26.4 Å². The van der Waals surface area contributed by atoms with Crippen LogP contribution in [0.15, 0.2) is 24.1 Å². The molecule has 0 aromatic carbocycles. The summed E-state index contributed by atoms with van der Waals surface area (Å²) in [5.41, 5.74) is 0.302. The molecule has 0 aliphatic rings. The fourth-order valence-electron chi connectivity index (χ4n) is 1.64. The molecule has 2 N–H and O–H groups in total. The van der Waals surface area contributed by atoms with Crippen molar-refractivity contribution in [3.63, 3.8) is 0 Å². The number of amides is 2. The number of carbonyl (C=O) groups excluding carboxylic acids is 2. The van der Waals surface area contributed by atoms with Crippen molar-refractivity contribution in [2.75, 3.05) is 5.32 Å². The van der Waals surface area contributed by atoms with E-state index in [9.17, 15) is 9.59 Å². The van der Waals surface area contributed by atoms with Gasteiger partial charge in [-0.2, -0.15) is 0 Å². The normalized spacial score (nSPS) is 11.9. The highest BCUT2D eigenvalue weighted by Crippen LogP contribution is 2.15. The molecule has 8 heteroatoms. The minimum Gasteiger partial charge on any atom is -0.346 e. The first-order chi connectivity index (χ1) is 9.54. The molecule has 0 aliphatic heterocycles. The number of nitrogens with zero attached hydrogens (tertiary/aromatic N) is 3. The van der Waals surface area contributed by atoms with Gasteiger partial charge in [0.05, 0.1) is 6.33 Å². The van der Waals surface area contributed by atoms with E-state index in [4.69, 9.17) is 0 Å². The molecule has 0 aliphatic carbocycles. The Morgan fingerprint density at radius 1 is 1.50 bits per heavy atom. The topological polar surface area (TPSA) is 88.9 Å². The lowest BCUT2D eigenvalue weighted by Gasteiger charge is -2.13. The maximum Gasteiger partial charge on any atom is 0.271 e. The van der Waals surface area contributed by atoms with Crippen molar-refractivity contribution in [1.29, 1.82) is 0 Å². The number of carbonyl (C=O) groups is 2. The van der Waals surface area contributed by atoms with Crippen LogP contribution in [0.5, 0.6) is 0 Å². The van der Waals surface area contributed by atoms with Crippen LogP contribution in [0.25, 0.3) is 0 Å². The maximum atomic E-state index is 12.0. The molecule has 2 amide bonds. The van der Waals surface area contributed by atoms with Crippen LogP contribution in [-0.2, 0) is 11.3 Å². The van der Waals surface area contributed by atoms with Gasteiger partial charge in [-0.1, -0.05) is 0 Å². The Kier molecular flexibility index (Phi) is 4.46. The molecular formula is C12H15N5O2S. The largest absolute Gasteiger partial charge is 0.346 e. The second-order valence-corrected chi connectivity index (χ2v) is 5.21. The first-order valence-electron chi connectivity index (χ1n) is 6.04. The van der Waals surface area contributed by atoms with Gasteiger partial charge < -0.3 is 15.2 Å². The summed E-state index contributed by atoms with van der Waals surface area (Å²) in [4.78, 5) is 30.9. The van der Waals surface area contributed by atoms with Gasteiger partial charge in [-0.3, -0.25) is 9.59 Å². The Bertz CT molecular complexity index is 593. The molecule has 2 aromatic rings. The third kappa shape index (κ3) is 3.89. The van der Waals surface area contributed by atoms with Gasteiger partial charge in [-0.25, -0.2) is 9.97 Å². The molecule has 0 bridgehead atoms. The van der Waals surface area contributed by atoms with Crippen molar-refractivity contribution < 1.29 is 9.59 Å². The Labute approximate surface area is 120 Å². The van der Waals surface area contributed by atoms with Crippen molar-refractivity contribution in [3.8, 4) is 0 Å². The SMILES string of the molecule is CC(=O)Nc1nc(C(=O)NC(C)Cn2ccnc2)cs1. The molecule has 0 saturated heterocycles. The van der Waals surface area contributed by atoms with Gasteiger partial charge in [-0.05, 0) is 6.92 Å². The molecule has 0 radical (unpaired) electrons. The van der Waals surface area contributed by atoms with Gasteiger partial charge in [0.25, 0.3) is 5.91 Å². The number of thiazole rings is 1. The van der Waals surface area contributed by atoms with E-state index in [0.29, 0.717) is 17.4 Å². The summed E-state index contributed by atoms with van der Waals surface area (Å²) < 4.78 is 1.88. The third-order valence-corrected chi connectivity index (χ3v) is 3.20. The van der Waals surface area contributed by atoms with Crippen molar-refractivity contribution in [2.24, 2.45) is 0 Å². The van der Waals surface area contributed by atoms with Gasteiger partial charge in [0, 0.05) is 37.3 Å². The van der Waals surface area contributed by atoms with E-state index in [1.165, 1.54) is 18.3 Å². The molecule has 1 unspecified atom stereocenters. The number of hydrogen-bond acceptors (Lipinski definition) is 5. The number of anilines is 1. The van der Waals surface area contributed by atoms with Crippen molar-refractivity contribution in [3.05, 3.63) is 29.8 Å². The smallest absolute Gasteiger partial charge is 0.271 e. The van der Waals surface area contributed by atoms with Crippen LogP contribution in [0.2, 0.25) is 0 Å². The molecule has 0 spiro atoms. The first-order valence-corrected chi connectivity index (χ1v) is 6.92. The molecule has 0 saturated carbocycles. The number of nitrogens with one attached hydrogen (secondary N) is 2. The molecule has 2 heterocycles. The minimum atomic E-state index is -0.259. The van der Waals surface area contributed by atoms with Crippen LogP contribution in [-0.4, -0.2) is 32.4 Å². The highest BCUT2D eigenvalue weighted by molar-refractivity contribution is 7.14. The van der Waals surface area contributed by atoms with Gasteiger partial charge in [0.1, 0.15) is 5.69 Å². The molecule has 2 aromatic heterocycles. The fourth-order valence-corrected chi connectivity index (χ4v) is 2.38. The van der Waals surface area contributed by atoms with Crippen molar-refractivity contribution >= 4 is 28.3 Å². The summed E-state index contributed by atoms with van der Waals surface area (Å²) >= 11 is 1.22. The second-order valence-electron chi connectivity index (χ2n) is 4.35. The van der Waals surface area contributed by atoms with Crippen LogP contribution in [0.4, 0.5) is 5.13 Å². The van der Waals surface area contributed by atoms with Gasteiger partial charge in [0.2, 0.25) is 5.91 Å². The molecule has 2 rings (SSSR count). The summed E-state index contributed by atoms with van der Waals surface area (Å²) in [6.45, 7) is 3.93. The molecule has 20 heavy (non-hydrogen) atoms. The second kappa shape index (κ2) is 6.29. The zero-order valence-electron chi connectivity index (χ0n) is 11.2. The number of imidazole rings is 1. The van der Waals surface area contributed by atoms with E-state index < -0.39 is 0 Å². The molecule has 7 nitrogen and oxygen atoms in total. The Morgan fingerprint density at radius 2 is 2.30 bits per heavy atom. The van der Waals surface area contributed by atoms with E-state index in [1.807, 2.05) is 17.7 Å². The average molecular weight is 293 g/mol. The van der Waals surface area contributed by atoms with Crippen LogP contribution >= 0.6 is 11.3 Å². The van der Waals surface area contributed by atoms with E-state index in [2.05, 4.69) is 20.6 Å². The molecule has 0 fully saturated rings. The van der Waals surface area contributed by atoms with Crippen molar-refractivity contribution in [1.82, 2.24) is 19.9 Å². The van der Waals surface area contributed by atoms with E-state index >= 15 is 0 Å². The van der Waals surface area contributed by atoms with Crippen LogP contribution in [0, 0.1) is 0 Å². The monoisotopic (exact) mass is 293 g/mol. The van der Waals surface area contributed by atoms with E-state index in [1.54, 1.807) is 17.9 Å². The molecular weight excluding hydrogens is 278 g/mol. The lowest BCUT2D eigenvalue weighted by atomic mass is 10.3. The predicted molar refractivity (Wildman–Crippen MR) is 75.6 cm³/mol. The van der Waals surface area contributed by atoms with Crippen LogP contribution in [0.1, 0.15) is 24.3 Å². The maximum absolute atomic E-state index is 12.0. The lowest BCUT2D eigenvalue weighted by Crippen LogP contribution is -2.35. The van der Waals surface area contributed by atoms with E-state index in [-0.39, 0.29) is 17.9 Å². The van der Waals surface area contributed by atoms with Gasteiger partial charge >= 0.3 is 0 Å². The fraction of sp³-hybridized carbons (Fsp3) is 0.333. The zero-order chi connectivity index (χ0) is 14.5. The van der Waals surface area contributed by atoms with Crippen LogP contribution < -0.4 is 10.6 Å². The summed E-state index contributed by atoms with van der Waals surface area (Å²) in [5.74, 6) is -0.467. The van der Waals surface area contributed by atoms with Crippen LogP contribution in [0.3, 0.4) is 0 Å². The minimum absolute atomic E-state index is 0.0531. The number of aromatic nitrogens is 3. The number of hydrogen-bond donors (Lipinski definition) is 2. The summed E-state index contributed by atoms with van der Waals surface area (Å²) in [6, 6.07) is -0.0531. The average Bonchev–Trinajstić information content (AvgIpc) is 2.99. The highest BCUT2D eigenvalue weighted by atomic mass is 32.1.